The number of halogens is 1. The predicted molar refractivity (Wildman–Crippen MR) is 153 cm³/mol. The summed E-state index contributed by atoms with van der Waals surface area (Å²) in [6.07, 6.45) is 1.39. The number of ether oxygens (including phenoxy) is 2. The summed E-state index contributed by atoms with van der Waals surface area (Å²) in [5, 5.41) is 2.90. The van der Waals surface area contributed by atoms with E-state index in [0.29, 0.717) is 43.2 Å². The number of methoxy groups -OCH3 is 2. The van der Waals surface area contributed by atoms with Gasteiger partial charge in [0, 0.05) is 33.0 Å². The lowest BCUT2D eigenvalue weighted by molar-refractivity contribution is -0.132. The Hall–Kier alpha value is -3.04. The Labute approximate surface area is 231 Å². The van der Waals surface area contributed by atoms with Gasteiger partial charge in [0.2, 0.25) is 5.91 Å². The van der Waals surface area contributed by atoms with Crippen molar-refractivity contribution in [2.45, 2.75) is 33.2 Å². The lowest BCUT2D eigenvalue weighted by Crippen LogP contribution is -2.45. The molecule has 0 aliphatic heterocycles. The number of carbonyl (C=O) groups is 2. The van der Waals surface area contributed by atoms with E-state index in [9.17, 15) is 9.59 Å². The quantitative estimate of drug-likeness (QED) is 0.268. The predicted octanol–water partition coefficient (Wildman–Crippen LogP) is 6.35. The molecule has 0 spiro atoms. The Morgan fingerprint density at radius 2 is 1.68 bits per heavy atom. The zero-order valence-electron chi connectivity index (χ0n) is 21.8. The van der Waals surface area contributed by atoms with E-state index in [1.165, 1.54) is 4.88 Å². The van der Waals surface area contributed by atoms with Gasteiger partial charge < -0.3 is 24.6 Å². The Morgan fingerprint density at radius 3 is 2.30 bits per heavy atom. The largest absolute Gasteiger partial charge is 0.493 e. The fraction of sp³-hybridized carbons (Fsp3) is 0.357. The van der Waals surface area contributed by atoms with Crippen LogP contribution in [-0.2, 0) is 17.8 Å². The summed E-state index contributed by atoms with van der Waals surface area (Å²) >= 11 is 5.08. The number of urea groups is 1. The third kappa shape index (κ3) is 8.50. The molecular weight excluding hydrogens is 554 g/mol. The highest BCUT2D eigenvalue weighted by Crippen LogP contribution is 2.28. The molecule has 7 nitrogen and oxygen atoms in total. The molecule has 0 aliphatic carbocycles. The highest BCUT2D eigenvalue weighted by atomic mass is 79.9. The van der Waals surface area contributed by atoms with Crippen LogP contribution in [0.4, 0.5) is 10.5 Å². The van der Waals surface area contributed by atoms with Crippen molar-refractivity contribution in [3.8, 4) is 11.5 Å². The molecule has 1 heterocycles. The molecule has 0 aliphatic rings. The maximum absolute atomic E-state index is 13.5. The number of hydrogen-bond acceptors (Lipinski definition) is 5. The second kappa shape index (κ2) is 14.0. The number of benzene rings is 2. The fourth-order valence-electron chi connectivity index (χ4n) is 3.87. The number of nitrogens with one attached hydrogen (secondary N) is 1. The molecule has 0 saturated heterocycles. The molecule has 37 heavy (non-hydrogen) atoms. The van der Waals surface area contributed by atoms with Gasteiger partial charge in [-0.1, -0.05) is 28.9 Å². The average molecular weight is 589 g/mol. The Kier molecular flexibility index (Phi) is 10.8. The molecular formula is C28H34BrN3O4S. The van der Waals surface area contributed by atoms with Crippen molar-refractivity contribution in [1.82, 2.24) is 9.80 Å². The van der Waals surface area contributed by atoms with E-state index in [1.807, 2.05) is 54.3 Å². The highest BCUT2D eigenvalue weighted by Gasteiger charge is 2.22. The van der Waals surface area contributed by atoms with Crippen molar-refractivity contribution in [3.63, 3.8) is 0 Å². The zero-order chi connectivity index (χ0) is 26.8. The maximum atomic E-state index is 13.5. The Balaban J connectivity index is 1.73. The monoisotopic (exact) mass is 587 g/mol. The third-order valence-corrected chi connectivity index (χ3v) is 7.33. The second-order valence-electron chi connectivity index (χ2n) is 8.63. The molecule has 0 saturated carbocycles. The highest BCUT2D eigenvalue weighted by molar-refractivity contribution is 9.10. The standard InChI is InChI=1S/C28H34BrN3O4S/c1-5-15-32(28(34)30-23-10-8-22(29)9-11-23)19-27(33)31(18-24-12-6-20(2)37-24)16-14-21-7-13-25(35-3)26(17-21)36-4/h6-13,17H,5,14-16,18-19H2,1-4H3,(H,30,34). The molecule has 9 heteroatoms. The molecule has 0 unspecified atom stereocenters. The smallest absolute Gasteiger partial charge is 0.322 e. The average Bonchev–Trinajstić information content (AvgIpc) is 3.31. The van der Waals surface area contributed by atoms with Crippen LogP contribution in [0.15, 0.2) is 59.1 Å². The number of rotatable bonds is 12. The fourth-order valence-corrected chi connectivity index (χ4v) is 5.04. The topological polar surface area (TPSA) is 71.1 Å². The van der Waals surface area contributed by atoms with Gasteiger partial charge in [0.15, 0.2) is 11.5 Å². The number of aryl methyl sites for hydroxylation is 1. The van der Waals surface area contributed by atoms with Crippen molar-refractivity contribution in [1.29, 1.82) is 0 Å². The summed E-state index contributed by atoms with van der Waals surface area (Å²) in [7, 11) is 3.22. The van der Waals surface area contributed by atoms with Crippen LogP contribution in [0.1, 0.15) is 28.7 Å². The van der Waals surface area contributed by atoms with E-state index in [2.05, 4.69) is 40.3 Å². The first kappa shape index (κ1) is 28.5. The summed E-state index contributed by atoms with van der Waals surface area (Å²) in [5.74, 6) is 1.23. The molecule has 0 atom stereocenters. The third-order valence-electron chi connectivity index (χ3n) is 5.82. The summed E-state index contributed by atoms with van der Waals surface area (Å²) in [6.45, 7) is 5.55. The van der Waals surface area contributed by atoms with Crippen molar-refractivity contribution in [2.75, 3.05) is 39.2 Å². The number of amides is 3. The van der Waals surface area contributed by atoms with Crippen LogP contribution in [0.2, 0.25) is 0 Å². The van der Waals surface area contributed by atoms with E-state index >= 15 is 0 Å². The van der Waals surface area contributed by atoms with Gasteiger partial charge >= 0.3 is 6.03 Å². The van der Waals surface area contributed by atoms with Crippen molar-refractivity contribution in [3.05, 3.63) is 74.4 Å². The first-order valence-electron chi connectivity index (χ1n) is 12.2. The van der Waals surface area contributed by atoms with Gasteiger partial charge in [-0.2, -0.15) is 0 Å². The normalized spacial score (nSPS) is 10.6. The summed E-state index contributed by atoms with van der Waals surface area (Å²) in [6, 6.07) is 17.0. The van der Waals surface area contributed by atoms with Crippen LogP contribution in [0.5, 0.6) is 11.5 Å². The number of carbonyl (C=O) groups excluding carboxylic acids is 2. The summed E-state index contributed by atoms with van der Waals surface area (Å²) in [5.41, 5.74) is 1.72. The number of nitrogens with zero attached hydrogens (tertiary/aromatic N) is 2. The second-order valence-corrected chi connectivity index (χ2v) is 10.9. The molecule has 1 aromatic heterocycles. The summed E-state index contributed by atoms with van der Waals surface area (Å²) in [4.78, 5) is 32.3. The summed E-state index contributed by atoms with van der Waals surface area (Å²) < 4.78 is 11.7. The number of anilines is 1. The molecule has 1 N–H and O–H groups in total. The molecule has 198 valence electrons. The van der Waals surface area contributed by atoms with Crippen molar-refractivity contribution < 1.29 is 19.1 Å². The first-order valence-corrected chi connectivity index (χ1v) is 13.8. The molecule has 0 fully saturated rings. The molecule has 0 radical (unpaired) electrons. The van der Waals surface area contributed by atoms with Crippen LogP contribution < -0.4 is 14.8 Å². The van der Waals surface area contributed by atoms with Gasteiger partial charge in [0.05, 0.1) is 20.8 Å². The van der Waals surface area contributed by atoms with E-state index in [0.717, 1.165) is 21.3 Å². The maximum Gasteiger partial charge on any atom is 0.322 e. The lowest BCUT2D eigenvalue weighted by Gasteiger charge is -2.27. The van der Waals surface area contributed by atoms with Gasteiger partial charge in [-0.25, -0.2) is 4.79 Å². The van der Waals surface area contributed by atoms with E-state index in [1.54, 1.807) is 30.5 Å². The lowest BCUT2D eigenvalue weighted by atomic mass is 10.1. The van der Waals surface area contributed by atoms with Crippen LogP contribution in [0.3, 0.4) is 0 Å². The zero-order valence-corrected chi connectivity index (χ0v) is 24.2. The first-order chi connectivity index (χ1) is 17.8. The van der Waals surface area contributed by atoms with E-state index in [-0.39, 0.29) is 18.5 Å². The van der Waals surface area contributed by atoms with Gasteiger partial charge in [-0.05, 0) is 73.9 Å². The van der Waals surface area contributed by atoms with Crippen LogP contribution >= 0.6 is 27.3 Å². The SMILES string of the molecule is CCCN(CC(=O)N(CCc1ccc(OC)c(OC)c1)Cc1ccc(C)s1)C(=O)Nc1ccc(Br)cc1. The number of hydrogen-bond donors (Lipinski definition) is 1. The Bertz CT molecular complexity index is 1180. The molecule has 3 aromatic rings. The van der Waals surface area contributed by atoms with Gasteiger partial charge in [0.1, 0.15) is 6.54 Å². The van der Waals surface area contributed by atoms with Gasteiger partial charge in [-0.3, -0.25) is 4.79 Å². The van der Waals surface area contributed by atoms with Crippen molar-refractivity contribution >= 4 is 44.9 Å². The van der Waals surface area contributed by atoms with E-state index < -0.39 is 0 Å². The Morgan fingerprint density at radius 1 is 0.946 bits per heavy atom. The molecule has 3 rings (SSSR count). The van der Waals surface area contributed by atoms with Crippen LogP contribution in [0.25, 0.3) is 0 Å². The minimum atomic E-state index is -0.288. The molecule has 0 bridgehead atoms. The molecule has 3 amide bonds. The van der Waals surface area contributed by atoms with E-state index in [4.69, 9.17) is 9.47 Å². The minimum Gasteiger partial charge on any atom is -0.493 e. The minimum absolute atomic E-state index is 0.00644. The van der Waals surface area contributed by atoms with Crippen molar-refractivity contribution in [2.24, 2.45) is 0 Å². The van der Waals surface area contributed by atoms with Crippen LogP contribution in [0, 0.1) is 6.92 Å². The molecule has 2 aromatic carbocycles. The van der Waals surface area contributed by atoms with Gasteiger partial charge in [0.25, 0.3) is 0 Å². The van der Waals surface area contributed by atoms with Crippen LogP contribution in [-0.4, -0.2) is 55.6 Å². The number of thiophene rings is 1. The van der Waals surface area contributed by atoms with Gasteiger partial charge in [-0.15, -0.1) is 11.3 Å².